The van der Waals surface area contributed by atoms with Gasteiger partial charge in [0.25, 0.3) is 0 Å². The number of rotatable bonds is 8. The summed E-state index contributed by atoms with van der Waals surface area (Å²) < 4.78 is 13.2. The number of likely N-dealkylation sites (N-methyl/N-ethyl adjacent to an activating group) is 2. The van der Waals surface area contributed by atoms with Crippen LogP contribution in [-0.4, -0.2) is 94.6 Å². The van der Waals surface area contributed by atoms with Gasteiger partial charge < -0.3 is 30.2 Å². The zero-order chi connectivity index (χ0) is 36.2. The van der Waals surface area contributed by atoms with Crippen LogP contribution in [-0.2, 0) is 13.1 Å². The van der Waals surface area contributed by atoms with Crippen molar-refractivity contribution >= 4 is 35.3 Å². The van der Waals surface area contributed by atoms with Gasteiger partial charge >= 0.3 is 12.1 Å². The number of nitrogens with one attached hydrogen (secondary N) is 2. The predicted molar refractivity (Wildman–Crippen MR) is 197 cm³/mol. The summed E-state index contributed by atoms with van der Waals surface area (Å²) in [6, 6.07) is 19.7. The van der Waals surface area contributed by atoms with E-state index in [9.17, 15) is 14.0 Å². The molecule has 2 aliphatic rings. The van der Waals surface area contributed by atoms with Gasteiger partial charge in [-0.2, -0.15) is 10.2 Å². The lowest BCUT2D eigenvalue weighted by Gasteiger charge is -2.37. The van der Waals surface area contributed by atoms with Crippen LogP contribution in [0, 0.1) is 12.7 Å². The third-order valence-corrected chi connectivity index (χ3v) is 9.72. The first-order valence-electron chi connectivity index (χ1n) is 17.2. The highest BCUT2D eigenvalue weighted by atomic mass is 35.5. The van der Waals surface area contributed by atoms with E-state index in [1.54, 1.807) is 41.4 Å². The Bertz CT molecular complexity index is 1720. The highest BCUT2D eigenvalue weighted by molar-refractivity contribution is 6.31. The topological polar surface area (TPSA) is 123 Å². The molecule has 4 aromatic rings. The zero-order valence-corrected chi connectivity index (χ0v) is 30.1. The Labute approximate surface area is 304 Å². The zero-order valence-electron chi connectivity index (χ0n) is 29.4. The second kappa shape index (κ2) is 18.3. The number of aromatic nitrogens is 4. The molecule has 12 nitrogen and oxygen atoms in total. The fraction of sp³-hybridized carbons (Fsp3) is 0.405. The number of urea groups is 2. The number of carbonyl (C=O) groups excluding carboxylic acids is 2. The van der Waals surface area contributed by atoms with Crippen LogP contribution in [0.15, 0.2) is 79.1 Å². The molecule has 0 spiro atoms. The van der Waals surface area contributed by atoms with Crippen LogP contribution in [0.25, 0.3) is 0 Å². The summed E-state index contributed by atoms with van der Waals surface area (Å²) in [7, 11) is 3.65. The van der Waals surface area contributed by atoms with Crippen LogP contribution in [0.2, 0.25) is 5.02 Å². The number of piperidine rings is 2. The SMILES string of the molecule is CN(C(=O)NCc1cccc(F)c1)C1CCCN(c2cccnn2)C1.Cc1cc(CNC(=O)N(C)C2CCCN(c3cccnn3)C2)ccc1Cl. The number of carbonyl (C=O) groups is 2. The molecular weight excluding hydrogens is 671 g/mol. The van der Waals surface area contributed by atoms with Gasteiger partial charge in [-0.15, -0.1) is 10.2 Å². The summed E-state index contributed by atoms with van der Waals surface area (Å²) in [5.41, 5.74) is 2.80. The van der Waals surface area contributed by atoms with Crippen LogP contribution in [0.5, 0.6) is 0 Å². The first-order chi connectivity index (χ1) is 24.7. The molecule has 2 aromatic heterocycles. The Morgan fingerprint density at radius 3 is 1.78 bits per heavy atom. The van der Waals surface area contributed by atoms with E-state index in [1.165, 1.54) is 12.1 Å². The highest BCUT2D eigenvalue weighted by Gasteiger charge is 2.28. The molecule has 2 N–H and O–H groups in total. The van der Waals surface area contributed by atoms with Gasteiger partial charge in [0, 0.05) is 70.8 Å². The van der Waals surface area contributed by atoms with Crippen LogP contribution in [0.3, 0.4) is 0 Å². The highest BCUT2D eigenvalue weighted by Crippen LogP contribution is 2.21. The maximum atomic E-state index is 13.2. The van der Waals surface area contributed by atoms with E-state index in [1.807, 2.05) is 56.4 Å². The van der Waals surface area contributed by atoms with Crippen LogP contribution in [0.4, 0.5) is 25.6 Å². The molecule has 2 fully saturated rings. The fourth-order valence-electron chi connectivity index (χ4n) is 6.28. The van der Waals surface area contributed by atoms with Gasteiger partial charge in [-0.05, 0) is 91.8 Å². The van der Waals surface area contributed by atoms with Crippen molar-refractivity contribution in [3.05, 3.63) is 107 Å². The van der Waals surface area contributed by atoms with Gasteiger partial charge in [0.2, 0.25) is 0 Å². The molecule has 2 atom stereocenters. The van der Waals surface area contributed by atoms with E-state index in [2.05, 4.69) is 40.8 Å². The Morgan fingerprint density at radius 1 is 0.784 bits per heavy atom. The third-order valence-electron chi connectivity index (χ3n) is 9.29. The molecule has 6 rings (SSSR count). The predicted octanol–water partition coefficient (Wildman–Crippen LogP) is 5.67. The number of halogens is 2. The molecule has 0 bridgehead atoms. The van der Waals surface area contributed by atoms with Crippen LogP contribution >= 0.6 is 11.6 Å². The smallest absolute Gasteiger partial charge is 0.317 e. The molecule has 2 aliphatic heterocycles. The molecule has 0 saturated carbocycles. The lowest BCUT2D eigenvalue weighted by Crippen LogP contribution is -2.51. The Morgan fingerprint density at radius 2 is 1.31 bits per heavy atom. The second-order valence-corrected chi connectivity index (χ2v) is 13.3. The van der Waals surface area contributed by atoms with Crippen molar-refractivity contribution in [3.63, 3.8) is 0 Å². The minimum Gasteiger partial charge on any atom is -0.353 e. The number of hydrogen-bond acceptors (Lipinski definition) is 8. The van der Waals surface area contributed by atoms with Gasteiger partial charge in [0.15, 0.2) is 11.6 Å². The Kier molecular flexibility index (Phi) is 13.3. The molecule has 4 amide bonds. The maximum absolute atomic E-state index is 13.2. The summed E-state index contributed by atoms with van der Waals surface area (Å²) in [6.07, 6.45) is 7.26. The fourth-order valence-corrected chi connectivity index (χ4v) is 6.40. The summed E-state index contributed by atoms with van der Waals surface area (Å²) >= 11 is 6.05. The van der Waals surface area contributed by atoms with Crippen molar-refractivity contribution in [3.8, 4) is 0 Å². The normalized spacial score (nSPS) is 17.1. The molecule has 0 radical (unpaired) electrons. The van der Waals surface area contributed by atoms with E-state index in [4.69, 9.17) is 11.6 Å². The van der Waals surface area contributed by atoms with Gasteiger partial charge in [0.1, 0.15) is 5.82 Å². The molecule has 14 heteroatoms. The van der Waals surface area contributed by atoms with Gasteiger partial charge in [-0.1, -0.05) is 35.9 Å². The van der Waals surface area contributed by atoms with Crippen molar-refractivity contribution in [1.82, 2.24) is 40.8 Å². The van der Waals surface area contributed by atoms with E-state index in [0.717, 1.165) is 85.2 Å². The Hall–Kier alpha value is -5.04. The van der Waals surface area contributed by atoms with Crippen molar-refractivity contribution in [1.29, 1.82) is 0 Å². The minimum absolute atomic E-state index is 0.0661. The van der Waals surface area contributed by atoms with E-state index >= 15 is 0 Å². The van der Waals surface area contributed by atoms with Crippen molar-refractivity contribution in [2.45, 2.75) is 57.8 Å². The van der Waals surface area contributed by atoms with Crippen LogP contribution in [0.1, 0.15) is 42.4 Å². The second-order valence-electron chi connectivity index (χ2n) is 12.9. The molecule has 51 heavy (non-hydrogen) atoms. The average molecular weight is 717 g/mol. The molecule has 4 heterocycles. The number of benzene rings is 2. The Balaban J connectivity index is 0.000000198. The summed E-state index contributed by atoms with van der Waals surface area (Å²) in [5, 5.41) is 22.8. The summed E-state index contributed by atoms with van der Waals surface area (Å²) in [6.45, 7) is 6.10. The minimum atomic E-state index is -0.299. The molecule has 2 unspecified atom stereocenters. The quantitative estimate of drug-likeness (QED) is 0.239. The van der Waals surface area contributed by atoms with Crippen molar-refractivity contribution in [2.75, 3.05) is 50.1 Å². The van der Waals surface area contributed by atoms with Gasteiger partial charge in [0.05, 0.1) is 12.1 Å². The number of aryl methyl sites for hydroxylation is 1. The molecule has 0 aliphatic carbocycles. The lowest BCUT2D eigenvalue weighted by atomic mass is 10.0. The van der Waals surface area contributed by atoms with Crippen molar-refractivity contribution in [2.24, 2.45) is 0 Å². The summed E-state index contributed by atoms with van der Waals surface area (Å²) in [4.78, 5) is 32.8. The van der Waals surface area contributed by atoms with Crippen LogP contribution < -0.4 is 20.4 Å². The maximum Gasteiger partial charge on any atom is 0.317 e. The van der Waals surface area contributed by atoms with Crippen molar-refractivity contribution < 1.29 is 14.0 Å². The van der Waals surface area contributed by atoms with E-state index in [-0.39, 0.29) is 30.0 Å². The van der Waals surface area contributed by atoms with Gasteiger partial charge in [-0.3, -0.25) is 0 Å². The molecule has 2 saturated heterocycles. The number of nitrogens with zero attached hydrogens (tertiary/aromatic N) is 8. The monoisotopic (exact) mass is 716 g/mol. The van der Waals surface area contributed by atoms with E-state index in [0.29, 0.717) is 13.1 Å². The third kappa shape index (κ3) is 10.7. The average Bonchev–Trinajstić information content (AvgIpc) is 3.17. The lowest BCUT2D eigenvalue weighted by molar-refractivity contribution is 0.181. The largest absolute Gasteiger partial charge is 0.353 e. The number of hydrogen-bond donors (Lipinski definition) is 2. The molecular formula is C37H46ClFN10O2. The summed E-state index contributed by atoms with van der Waals surface area (Å²) in [5.74, 6) is 1.40. The van der Waals surface area contributed by atoms with Gasteiger partial charge in [-0.25, -0.2) is 14.0 Å². The number of anilines is 2. The standard InChI is InChI=1S/C19H24ClN5O.C18H22FN5O/c1-14-11-15(7-8-17(14)20)12-21-19(26)24(2)16-5-4-10-25(13-16)18-6-3-9-22-23-18;1-23(18(25)20-12-14-5-2-6-15(19)11-14)16-7-4-10-24(13-16)17-8-3-9-21-22-17/h3,6-9,11,16H,4-5,10,12-13H2,1-2H3,(H,21,26);2-3,5-6,8-9,11,16H,4,7,10,12-13H2,1H3,(H,20,25). The first-order valence-corrected chi connectivity index (χ1v) is 17.6. The molecule has 270 valence electrons. The molecule has 2 aromatic carbocycles. The number of amides is 4. The first kappa shape index (κ1) is 37.2. The van der Waals surface area contributed by atoms with E-state index < -0.39 is 0 Å².